The number of anilines is 1. The lowest BCUT2D eigenvalue weighted by molar-refractivity contribution is -0.128. The van der Waals surface area contributed by atoms with Crippen LogP contribution in [0, 0.1) is 11.7 Å². The lowest BCUT2D eigenvalue weighted by Crippen LogP contribution is -2.53. The second-order valence-corrected chi connectivity index (χ2v) is 12.3. The fourth-order valence-corrected chi connectivity index (χ4v) is 7.71. The van der Waals surface area contributed by atoms with Crippen molar-refractivity contribution in [2.24, 2.45) is 5.92 Å². The number of carboxylic acids is 1. The summed E-state index contributed by atoms with van der Waals surface area (Å²) in [6.07, 6.45) is 3.82. The fraction of sp³-hybridized carbons (Fsp3) is 0.355. The Hall–Kier alpha value is -2.97. The summed E-state index contributed by atoms with van der Waals surface area (Å²) < 4.78 is 16.0. The Labute approximate surface area is 241 Å². The third-order valence-corrected chi connectivity index (χ3v) is 9.76. The lowest BCUT2D eigenvalue weighted by Gasteiger charge is -2.40. The van der Waals surface area contributed by atoms with Gasteiger partial charge in [-0.2, -0.15) is 0 Å². The van der Waals surface area contributed by atoms with E-state index >= 15 is 4.39 Å². The number of aromatic carboxylic acids is 1. The molecule has 40 heavy (non-hydrogen) atoms. The molecule has 3 aromatic carbocycles. The van der Waals surface area contributed by atoms with Crippen molar-refractivity contribution in [2.75, 3.05) is 11.9 Å². The number of carbonyl (C=O) groups is 2. The van der Waals surface area contributed by atoms with Crippen molar-refractivity contribution in [3.8, 4) is 0 Å². The van der Waals surface area contributed by atoms with E-state index in [1.165, 1.54) is 6.07 Å². The van der Waals surface area contributed by atoms with Crippen molar-refractivity contribution in [3.63, 3.8) is 0 Å². The Kier molecular flexibility index (Phi) is 6.20. The number of nitrogens with one attached hydrogen (secondary N) is 2. The third-order valence-electron chi connectivity index (χ3n) is 9.24. The zero-order valence-electron chi connectivity index (χ0n) is 21.5. The van der Waals surface area contributed by atoms with Gasteiger partial charge < -0.3 is 15.7 Å². The average molecular weight is 580 g/mol. The van der Waals surface area contributed by atoms with Crippen molar-refractivity contribution < 1.29 is 19.1 Å². The van der Waals surface area contributed by atoms with Gasteiger partial charge in [0.25, 0.3) is 0 Å². The van der Waals surface area contributed by atoms with Crippen LogP contribution in [-0.2, 0) is 10.3 Å². The van der Waals surface area contributed by atoms with Crippen molar-refractivity contribution in [3.05, 3.63) is 98.8 Å². The number of carboxylic acid groups (broad SMARTS) is 1. The third kappa shape index (κ3) is 3.90. The summed E-state index contributed by atoms with van der Waals surface area (Å²) in [5.74, 6) is -1.73. The largest absolute Gasteiger partial charge is 0.478 e. The van der Waals surface area contributed by atoms with Crippen LogP contribution in [0.5, 0.6) is 0 Å². The molecule has 3 heterocycles. The molecule has 1 saturated carbocycles. The fourth-order valence-electron chi connectivity index (χ4n) is 7.36. The standard InChI is InChI=1S/C31H28Cl2FN3O3/c32-19-10-11-21-24(14-19)36-30(40)31(21)26(20-2-1-3-22(33)27(20)34)28-25(37(31)15-16-4-5-16)13-12-23(35-28)17-6-8-18(9-7-17)29(38)39/h1-3,6-11,14,16,23,25-26,28,35H,4-5,12-13,15H2,(H,36,40)(H,38,39)/t23-,25-,26-,28+,31+/m0/s1. The van der Waals surface area contributed by atoms with Crippen molar-refractivity contribution in [1.82, 2.24) is 10.2 Å². The molecule has 9 heteroatoms. The highest BCUT2D eigenvalue weighted by atomic mass is 35.5. The Morgan fingerprint density at radius 3 is 2.55 bits per heavy atom. The van der Waals surface area contributed by atoms with Gasteiger partial charge in [-0.05, 0) is 73.1 Å². The van der Waals surface area contributed by atoms with Gasteiger partial charge >= 0.3 is 5.97 Å². The minimum absolute atomic E-state index is 0.0223. The highest BCUT2D eigenvalue weighted by Crippen LogP contribution is 2.60. The number of benzene rings is 3. The van der Waals surface area contributed by atoms with Gasteiger partial charge in [0.15, 0.2) is 0 Å². The molecule has 2 saturated heterocycles. The molecule has 0 radical (unpaired) electrons. The van der Waals surface area contributed by atoms with E-state index in [2.05, 4.69) is 15.5 Å². The summed E-state index contributed by atoms with van der Waals surface area (Å²) in [5.41, 5.74) is 1.93. The second-order valence-electron chi connectivity index (χ2n) is 11.4. The Bertz CT molecular complexity index is 1530. The Balaban J connectivity index is 1.40. The maximum absolute atomic E-state index is 16.0. The molecule has 0 unspecified atom stereocenters. The van der Waals surface area contributed by atoms with Crippen LogP contribution in [0.25, 0.3) is 0 Å². The first-order valence-corrected chi connectivity index (χ1v) is 14.5. The van der Waals surface area contributed by atoms with E-state index in [0.29, 0.717) is 22.2 Å². The highest BCUT2D eigenvalue weighted by Gasteiger charge is 2.68. The molecule has 206 valence electrons. The molecule has 6 nitrogen and oxygen atoms in total. The van der Waals surface area contributed by atoms with Gasteiger partial charge in [0.05, 0.1) is 10.6 Å². The summed E-state index contributed by atoms with van der Waals surface area (Å²) in [6, 6.07) is 17.0. The van der Waals surface area contributed by atoms with Gasteiger partial charge in [-0.1, -0.05) is 53.5 Å². The van der Waals surface area contributed by atoms with Crippen molar-refractivity contribution >= 4 is 40.8 Å². The SMILES string of the molecule is O=C(O)c1ccc([C@@H]2CC[C@H]3[C@@H](N2)[C@H](c2cccc(Cl)c2F)[C@]2(C(=O)Nc4cc(Cl)ccc42)N3CC2CC2)cc1. The predicted molar refractivity (Wildman–Crippen MR) is 151 cm³/mol. The Morgan fingerprint density at radius 2 is 1.82 bits per heavy atom. The number of halogens is 3. The number of hydrogen-bond acceptors (Lipinski definition) is 4. The van der Waals surface area contributed by atoms with E-state index < -0.39 is 23.2 Å². The van der Waals surface area contributed by atoms with Crippen LogP contribution in [0.2, 0.25) is 10.0 Å². The number of rotatable bonds is 5. The lowest BCUT2D eigenvalue weighted by atomic mass is 9.72. The van der Waals surface area contributed by atoms with Crippen LogP contribution < -0.4 is 10.6 Å². The van der Waals surface area contributed by atoms with Crippen LogP contribution in [-0.4, -0.2) is 40.5 Å². The number of fused-ring (bicyclic) bond motifs is 3. The first-order chi connectivity index (χ1) is 19.3. The molecule has 0 aromatic heterocycles. The maximum atomic E-state index is 16.0. The first kappa shape index (κ1) is 26.0. The van der Waals surface area contributed by atoms with Crippen LogP contribution in [0.4, 0.5) is 10.1 Å². The first-order valence-electron chi connectivity index (χ1n) is 13.7. The molecular weight excluding hydrogens is 552 g/mol. The van der Waals surface area contributed by atoms with Crippen LogP contribution in [0.1, 0.15) is 64.7 Å². The zero-order valence-corrected chi connectivity index (χ0v) is 23.1. The van der Waals surface area contributed by atoms with Crippen LogP contribution in [0.3, 0.4) is 0 Å². The monoisotopic (exact) mass is 579 g/mol. The number of amides is 1. The summed E-state index contributed by atoms with van der Waals surface area (Å²) >= 11 is 12.7. The quantitative estimate of drug-likeness (QED) is 0.328. The molecule has 3 fully saturated rings. The number of hydrogen-bond donors (Lipinski definition) is 3. The number of nitrogens with zero attached hydrogens (tertiary/aromatic N) is 1. The molecule has 3 aromatic rings. The normalized spacial score (nSPS) is 29.3. The van der Waals surface area contributed by atoms with E-state index in [9.17, 15) is 14.7 Å². The topological polar surface area (TPSA) is 81.7 Å². The molecule has 4 aliphatic rings. The van der Waals surface area contributed by atoms with Crippen molar-refractivity contribution in [1.29, 1.82) is 0 Å². The van der Waals surface area contributed by atoms with Crippen LogP contribution in [0.15, 0.2) is 60.7 Å². The number of piperidine rings is 1. The van der Waals surface area contributed by atoms with E-state index in [4.69, 9.17) is 23.2 Å². The average Bonchev–Trinajstić information content (AvgIpc) is 3.66. The van der Waals surface area contributed by atoms with Crippen molar-refractivity contribution in [2.45, 2.75) is 55.3 Å². The smallest absolute Gasteiger partial charge is 0.335 e. The van der Waals surface area contributed by atoms with Gasteiger partial charge in [0, 0.05) is 46.9 Å². The maximum Gasteiger partial charge on any atom is 0.335 e. The minimum Gasteiger partial charge on any atom is -0.478 e. The molecule has 3 N–H and O–H groups in total. The second kappa shape index (κ2) is 9.55. The number of likely N-dealkylation sites (tertiary alicyclic amines) is 1. The van der Waals surface area contributed by atoms with Gasteiger partial charge in [-0.25, -0.2) is 9.18 Å². The highest BCUT2D eigenvalue weighted by molar-refractivity contribution is 6.31. The molecule has 1 spiro atoms. The van der Waals surface area contributed by atoms with Gasteiger partial charge in [-0.15, -0.1) is 0 Å². The summed E-state index contributed by atoms with van der Waals surface area (Å²) in [6.45, 7) is 0.745. The molecular formula is C31H28Cl2FN3O3. The van der Waals surface area contributed by atoms with Gasteiger partial charge in [-0.3, -0.25) is 9.69 Å². The van der Waals surface area contributed by atoms with E-state index in [1.807, 2.05) is 18.2 Å². The summed E-state index contributed by atoms with van der Waals surface area (Å²) in [5, 5.41) is 16.8. The zero-order chi connectivity index (χ0) is 27.8. The molecule has 0 bridgehead atoms. The number of carbonyl (C=O) groups excluding carboxylic acids is 1. The molecule has 7 rings (SSSR count). The van der Waals surface area contributed by atoms with E-state index in [1.54, 1.807) is 36.4 Å². The predicted octanol–water partition coefficient (Wildman–Crippen LogP) is 6.35. The van der Waals surface area contributed by atoms with Gasteiger partial charge in [0.2, 0.25) is 5.91 Å². The Morgan fingerprint density at radius 1 is 1.05 bits per heavy atom. The van der Waals surface area contributed by atoms with E-state index in [-0.39, 0.29) is 34.6 Å². The van der Waals surface area contributed by atoms with E-state index in [0.717, 1.165) is 43.4 Å². The van der Waals surface area contributed by atoms with Crippen LogP contribution >= 0.6 is 23.2 Å². The minimum atomic E-state index is -1.14. The van der Waals surface area contributed by atoms with Gasteiger partial charge in [0.1, 0.15) is 11.4 Å². The molecule has 5 atom stereocenters. The summed E-state index contributed by atoms with van der Waals surface area (Å²) in [7, 11) is 0. The molecule has 3 aliphatic heterocycles. The molecule has 1 amide bonds. The summed E-state index contributed by atoms with van der Waals surface area (Å²) in [4.78, 5) is 28.1. The molecule has 1 aliphatic carbocycles.